The maximum Gasteiger partial charge on any atom is 0.185 e. The number of hydrogen-bond acceptors (Lipinski definition) is 3. The lowest BCUT2D eigenvalue weighted by atomic mass is 10.2. The molecule has 2 aromatic rings. The van der Waals surface area contributed by atoms with E-state index < -0.39 is 29.0 Å². The quantitative estimate of drug-likeness (QED) is 0.684. The molecule has 0 saturated heterocycles. The minimum Gasteiger partial charge on any atom is -0.374 e. The zero-order valence-electron chi connectivity index (χ0n) is 10.2. The molecule has 102 valence electrons. The maximum absolute atomic E-state index is 13.4. The molecule has 1 N–H and O–H groups in total. The van der Waals surface area contributed by atoms with E-state index in [4.69, 9.17) is 0 Å². The van der Waals surface area contributed by atoms with Crippen molar-refractivity contribution in [2.75, 3.05) is 5.32 Å². The molecule has 19 heavy (non-hydrogen) atoms. The lowest BCUT2D eigenvalue weighted by Crippen LogP contribution is -2.07. The van der Waals surface area contributed by atoms with Crippen LogP contribution in [0.3, 0.4) is 0 Å². The second-order valence-corrected chi connectivity index (χ2v) is 5.23. The largest absolute Gasteiger partial charge is 0.374 e. The van der Waals surface area contributed by atoms with Gasteiger partial charge in [0.2, 0.25) is 0 Å². The molecule has 0 aliphatic heterocycles. The average molecular weight is 290 g/mol. The fraction of sp³-hybridized carbons (Fsp3) is 0.250. The number of nitrogens with zero attached hydrogens (tertiary/aromatic N) is 1. The Bertz CT molecular complexity index is 579. The van der Waals surface area contributed by atoms with Gasteiger partial charge in [-0.1, -0.05) is 0 Å². The highest BCUT2D eigenvalue weighted by Crippen LogP contribution is 2.25. The number of hydrogen-bond donors (Lipinski definition) is 1. The summed E-state index contributed by atoms with van der Waals surface area (Å²) in [6.07, 6.45) is 0. The van der Waals surface area contributed by atoms with Crippen LogP contribution in [0, 0.1) is 37.1 Å². The van der Waals surface area contributed by atoms with Crippen LogP contribution in [0.5, 0.6) is 0 Å². The Kier molecular flexibility index (Phi) is 3.75. The second-order valence-electron chi connectivity index (χ2n) is 3.95. The highest BCUT2D eigenvalue weighted by molar-refractivity contribution is 7.11. The van der Waals surface area contributed by atoms with Crippen molar-refractivity contribution in [1.29, 1.82) is 0 Å². The van der Waals surface area contributed by atoms with E-state index in [2.05, 4.69) is 10.3 Å². The third-order valence-electron chi connectivity index (χ3n) is 2.60. The molecule has 1 heterocycles. The molecule has 0 spiro atoms. The summed E-state index contributed by atoms with van der Waals surface area (Å²) in [4.78, 5) is 5.13. The number of aromatic nitrogens is 1. The van der Waals surface area contributed by atoms with Crippen molar-refractivity contribution in [1.82, 2.24) is 4.98 Å². The average Bonchev–Trinajstić information content (AvgIpc) is 2.66. The molecule has 2 nitrogen and oxygen atoms in total. The smallest absolute Gasteiger partial charge is 0.185 e. The van der Waals surface area contributed by atoms with Gasteiger partial charge in [-0.25, -0.2) is 22.5 Å². The van der Waals surface area contributed by atoms with Gasteiger partial charge in [0.15, 0.2) is 23.3 Å². The molecule has 0 bridgehead atoms. The first kappa shape index (κ1) is 13.8. The van der Waals surface area contributed by atoms with E-state index in [1.807, 2.05) is 6.92 Å². The number of nitrogens with one attached hydrogen (secondary N) is 1. The predicted octanol–water partition coefficient (Wildman–Crippen LogP) is 3.93. The monoisotopic (exact) mass is 290 g/mol. The van der Waals surface area contributed by atoms with Crippen LogP contribution < -0.4 is 5.32 Å². The van der Waals surface area contributed by atoms with Gasteiger partial charge in [0.05, 0.1) is 12.2 Å². The van der Waals surface area contributed by atoms with Crippen molar-refractivity contribution in [3.05, 3.63) is 44.9 Å². The third-order valence-corrected chi connectivity index (χ3v) is 3.67. The Hall–Kier alpha value is -1.63. The normalized spacial score (nSPS) is 10.8. The molecule has 1 aromatic carbocycles. The van der Waals surface area contributed by atoms with Gasteiger partial charge in [0.1, 0.15) is 10.7 Å². The molecule has 0 saturated carbocycles. The summed E-state index contributed by atoms with van der Waals surface area (Å²) < 4.78 is 52.7. The zero-order chi connectivity index (χ0) is 14.2. The predicted molar refractivity (Wildman–Crippen MR) is 65.2 cm³/mol. The SMILES string of the molecule is Cc1nc(CNc2c(F)c(F)cc(F)c2F)sc1C. The van der Waals surface area contributed by atoms with Gasteiger partial charge in [-0.05, 0) is 13.8 Å². The summed E-state index contributed by atoms with van der Waals surface area (Å²) in [5.74, 6) is -5.76. The molecule has 0 aliphatic carbocycles. The Balaban J connectivity index is 2.24. The molecule has 0 aliphatic rings. The summed E-state index contributed by atoms with van der Waals surface area (Å²) in [6.45, 7) is 3.66. The van der Waals surface area contributed by atoms with Crippen molar-refractivity contribution in [2.24, 2.45) is 0 Å². The molecule has 1 aromatic heterocycles. The van der Waals surface area contributed by atoms with Gasteiger partial charge < -0.3 is 5.32 Å². The van der Waals surface area contributed by atoms with Gasteiger partial charge in [0, 0.05) is 10.9 Å². The Morgan fingerprint density at radius 3 is 2.16 bits per heavy atom. The standard InChI is InChI=1S/C12H10F4N2S/c1-5-6(2)19-9(18-5)4-17-12-10(15)7(13)3-8(14)11(12)16/h3,17H,4H2,1-2H3. The Labute approximate surface area is 111 Å². The number of thiazole rings is 1. The van der Waals surface area contributed by atoms with Crippen LogP contribution in [0.4, 0.5) is 23.2 Å². The van der Waals surface area contributed by atoms with E-state index in [0.29, 0.717) is 5.01 Å². The number of aryl methyl sites for hydroxylation is 2. The third kappa shape index (κ3) is 2.70. The van der Waals surface area contributed by atoms with Gasteiger partial charge in [-0.3, -0.25) is 0 Å². The number of anilines is 1. The van der Waals surface area contributed by atoms with Gasteiger partial charge in [-0.2, -0.15) is 0 Å². The summed E-state index contributed by atoms with van der Waals surface area (Å²) >= 11 is 1.35. The van der Waals surface area contributed by atoms with E-state index in [9.17, 15) is 17.6 Å². The van der Waals surface area contributed by atoms with Crippen molar-refractivity contribution in [2.45, 2.75) is 20.4 Å². The first-order valence-corrected chi connectivity index (χ1v) is 6.21. The van der Waals surface area contributed by atoms with Crippen LogP contribution in [-0.4, -0.2) is 4.98 Å². The molecule has 0 fully saturated rings. The minimum atomic E-state index is -1.44. The van der Waals surface area contributed by atoms with Crippen molar-refractivity contribution < 1.29 is 17.6 Å². The van der Waals surface area contributed by atoms with Gasteiger partial charge >= 0.3 is 0 Å². The molecular weight excluding hydrogens is 280 g/mol. The van der Waals surface area contributed by atoms with Crippen LogP contribution in [0.2, 0.25) is 0 Å². The van der Waals surface area contributed by atoms with E-state index in [1.54, 1.807) is 6.92 Å². The molecule has 0 atom stereocenters. The lowest BCUT2D eigenvalue weighted by Gasteiger charge is -2.08. The van der Waals surface area contributed by atoms with E-state index >= 15 is 0 Å². The summed E-state index contributed by atoms with van der Waals surface area (Å²) in [6, 6.07) is 0.174. The van der Waals surface area contributed by atoms with Crippen molar-refractivity contribution in [3.63, 3.8) is 0 Å². The topological polar surface area (TPSA) is 24.9 Å². The van der Waals surface area contributed by atoms with E-state index in [0.717, 1.165) is 10.6 Å². The minimum absolute atomic E-state index is 0.00389. The molecule has 0 unspecified atom stereocenters. The first-order valence-electron chi connectivity index (χ1n) is 5.40. The fourth-order valence-corrected chi connectivity index (χ4v) is 2.38. The highest BCUT2D eigenvalue weighted by atomic mass is 32.1. The van der Waals surface area contributed by atoms with Crippen LogP contribution in [0.1, 0.15) is 15.6 Å². The molecule has 2 rings (SSSR count). The van der Waals surface area contributed by atoms with Gasteiger partial charge in [-0.15, -0.1) is 11.3 Å². The Morgan fingerprint density at radius 2 is 1.68 bits per heavy atom. The summed E-state index contributed by atoms with van der Waals surface area (Å²) in [5.41, 5.74) is -0.00354. The van der Waals surface area contributed by atoms with Crippen LogP contribution in [0.25, 0.3) is 0 Å². The van der Waals surface area contributed by atoms with Crippen LogP contribution in [-0.2, 0) is 6.54 Å². The lowest BCUT2D eigenvalue weighted by molar-refractivity contribution is 0.458. The van der Waals surface area contributed by atoms with Crippen LogP contribution >= 0.6 is 11.3 Å². The van der Waals surface area contributed by atoms with Crippen molar-refractivity contribution in [3.8, 4) is 0 Å². The Morgan fingerprint density at radius 1 is 1.11 bits per heavy atom. The zero-order valence-corrected chi connectivity index (χ0v) is 11.0. The number of rotatable bonds is 3. The highest BCUT2D eigenvalue weighted by Gasteiger charge is 2.19. The summed E-state index contributed by atoms with van der Waals surface area (Å²) in [7, 11) is 0. The molecular formula is C12H10F4N2S. The number of benzene rings is 1. The molecule has 7 heteroatoms. The van der Waals surface area contributed by atoms with E-state index in [-0.39, 0.29) is 12.6 Å². The maximum atomic E-state index is 13.4. The second kappa shape index (κ2) is 5.16. The van der Waals surface area contributed by atoms with Crippen LogP contribution in [0.15, 0.2) is 6.07 Å². The number of halogens is 4. The molecule has 0 radical (unpaired) electrons. The van der Waals surface area contributed by atoms with Gasteiger partial charge in [0.25, 0.3) is 0 Å². The summed E-state index contributed by atoms with van der Waals surface area (Å²) in [5, 5.41) is 2.92. The first-order chi connectivity index (χ1) is 8.90. The van der Waals surface area contributed by atoms with E-state index in [1.165, 1.54) is 11.3 Å². The fourth-order valence-electron chi connectivity index (χ4n) is 1.51. The van der Waals surface area contributed by atoms with Crippen molar-refractivity contribution >= 4 is 17.0 Å². The molecule has 0 amide bonds.